The van der Waals surface area contributed by atoms with Gasteiger partial charge in [0.2, 0.25) is 5.79 Å². The fourth-order valence-electron chi connectivity index (χ4n) is 7.98. The van der Waals surface area contributed by atoms with Gasteiger partial charge in [-0.15, -0.1) is 0 Å². The zero-order valence-electron chi connectivity index (χ0n) is 15.6. The van der Waals surface area contributed by atoms with E-state index in [4.69, 9.17) is 4.74 Å². The number of fused-ring (bicyclic) bond motifs is 2. The minimum absolute atomic E-state index is 0.354. The molecule has 7 heteroatoms. The zero-order chi connectivity index (χ0) is 19.7. The first-order valence-electron chi connectivity index (χ1n) is 9.85. The highest BCUT2D eigenvalue weighted by atomic mass is 16.7. The molecule has 150 valence electrons. The fraction of sp³-hybridized carbons (Fsp3) is 0.850. The van der Waals surface area contributed by atoms with Crippen LogP contribution < -0.4 is 0 Å². The van der Waals surface area contributed by atoms with Gasteiger partial charge < -0.3 is 30.3 Å². The lowest BCUT2D eigenvalue weighted by molar-refractivity contribution is -0.442. The maximum absolute atomic E-state index is 13.2. The molecule has 7 nitrogen and oxygen atoms in total. The summed E-state index contributed by atoms with van der Waals surface area (Å²) in [5, 5.41) is 56.3. The first-order valence-corrected chi connectivity index (χ1v) is 9.85. The van der Waals surface area contributed by atoms with E-state index in [2.05, 4.69) is 6.58 Å². The third kappa shape index (κ3) is 1.50. The fourth-order valence-corrected chi connectivity index (χ4v) is 7.98. The van der Waals surface area contributed by atoms with Crippen LogP contribution in [0.1, 0.15) is 39.5 Å². The average molecular weight is 380 g/mol. The molecule has 4 bridgehead atoms. The Hall–Kier alpha value is -0.990. The Morgan fingerprint density at radius 2 is 1.74 bits per heavy atom. The van der Waals surface area contributed by atoms with Crippen molar-refractivity contribution in [2.75, 3.05) is 0 Å². The molecule has 2 aliphatic heterocycles. The molecule has 0 aromatic heterocycles. The van der Waals surface area contributed by atoms with Gasteiger partial charge in [0.15, 0.2) is 0 Å². The normalized spacial score (nSPS) is 60.6. The molecule has 0 amide bonds. The molecular weight excluding hydrogens is 352 g/mol. The van der Waals surface area contributed by atoms with Gasteiger partial charge in [0.25, 0.3) is 0 Å². The van der Waals surface area contributed by atoms with Crippen molar-refractivity contribution in [3.8, 4) is 0 Å². The van der Waals surface area contributed by atoms with Crippen molar-refractivity contribution in [2.24, 2.45) is 34.0 Å². The monoisotopic (exact) mass is 380 g/mol. The summed E-state index contributed by atoms with van der Waals surface area (Å²) in [6.07, 6.45) is -3.25. The van der Waals surface area contributed by atoms with Crippen molar-refractivity contribution in [3.05, 3.63) is 12.2 Å². The van der Waals surface area contributed by atoms with Gasteiger partial charge in [-0.2, -0.15) is 0 Å². The van der Waals surface area contributed by atoms with E-state index in [1.807, 2.05) is 13.8 Å². The summed E-state index contributed by atoms with van der Waals surface area (Å²) < 4.78 is 5.43. The second kappa shape index (κ2) is 4.76. The quantitative estimate of drug-likeness (QED) is 0.288. The molecule has 6 rings (SSSR count). The summed E-state index contributed by atoms with van der Waals surface area (Å²) in [5.74, 6) is -5.03. The highest BCUT2D eigenvalue weighted by Gasteiger charge is 2.89. The molecule has 2 spiro atoms. The van der Waals surface area contributed by atoms with Crippen molar-refractivity contribution >= 4 is 5.97 Å². The summed E-state index contributed by atoms with van der Waals surface area (Å²) in [6, 6.07) is 0. The molecule has 0 radical (unpaired) electrons. The molecule has 0 aromatic rings. The number of hydrogen-bond acceptors (Lipinski definition) is 7. The van der Waals surface area contributed by atoms with E-state index in [0.29, 0.717) is 31.3 Å². The number of aliphatic hydroxyl groups is 5. The largest absolute Gasteiger partial charge is 0.429 e. The molecule has 2 saturated heterocycles. The number of aliphatic hydroxyl groups excluding tert-OH is 4. The van der Waals surface area contributed by atoms with Crippen LogP contribution in [0.2, 0.25) is 0 Å². The van der Waals surface area contributed by atoms with Crippen LogP contribution in [0, 0.1) is 34.0 Å². The minimum Gasteiger partial charge on any atom is -0.429 e. The first kappa shape index (κ1) is 18.1. The Labute approximate surface area is 157 Å². The van der Waals surface area contributed by atoms with Gasteiger partial charge in [-0.3, -0.25) is 4.79 Å². The van der Waals surface area contributed by atoms with Crippen molar-refractivity contribution in [1.82, 2.24) is 0 Å². The van der Waals surface area contributed by atoms with Crippen LogP contribution in [-0.4, -0.2) is 61.7 Å². The predicted molar refractivity (Wildman–Crippen MR) is 91.8 cm³/mol. The van der Waals surface area contributed by atoms with E-state index >= 15 is 0 Å². The number of esters is 1. The third-order valence-corrected chi connectivity index (χ3v) is 8.98. The van der Waals surface area contributed by atoms with Crippen LogP contribution in [0.3, 0.4) is 0 Å². The van der Waals surface area contributed by atoms with Crippen molar-refractivity contribution in [2.45, 2.75) is 69.7 Å². The van der Waals surface area contributed by atoms with Crippen molar-refractivity contribution in [3.63, 3.8) is 0 Å². The van der Waals surface area contributed by atoms with E-state index in [1.165, 1.54) is 0 Å². The lowest BCUT2D eigenvalue weighted by Gasteiger charge is -2.74. The number of carbonyl (C=O) groups excluding carboxylic acids is 1. The van der Waals surface area contributed by atoms with Gasteiger partial charge in [0, 0.05) is 11.8 Å². The Kier molecular flexibility index (Phi) is 3.19. The summed E-state index contributed by atoms with van der Waals surface area (Å²) in [7, 11) is 0. The number of ether oxygens (including phenoxy) is 1. The van der Waals surface area contributed by atoms with Crippen LogP contribution in [0.25, 0.3) is 0 Å². The summed E-state index contributed by atoms with van der Waals surface area (Å²) in [6.45, 7) is 7.76. The highest BCUT2D eigenvalue weighted by molar-refractivity contribution is 5.83. The standard InChI is InChI=1S/C20H28O7/c1-8-9-4-5-10-18-11(21)6-7-17(2,3)12(18)15(24)20(26,27-16(18)25)19(10,13(8)22)14(9)23/h9-15,21-24,26H,1,4-7H2,2-3H3/t9-,10?,11+,12?,13-,14-,15+,18+,19+,20?/m1/s1. The van der Waals surface area contributed by atoms with Crippen molar-refractivity contribution in [1.29, 1.82) is 0 Å². The van der Waals surface area contributed by atoms with Gasteiger partial charge in [0.05, 0.1) is 23.7 Å². The molecule has 6 fully saturated rings. The van der Waals surface area contributed by atoms with Crippen LogP contribution in [0.5, 0.6) is 0 Å². The molecule has 3 unspecified atom stereocenters. The summed E-state index contributed by atoms with van der Waals surface area (Å²) in [4.78, 5) is 13.2. The highest BCUT2D eigenvalue weighted by Crippen LogP contribution is 2.77. The summed E-state index contributed by atoms with van der Waals surface area (Å²) >= 11 is 0. The third-order valence-electron chi connectivity index (χ3n) is 8.98. The van der Waals surface area contributed by atoms with Gasteiger partial charge in [-0.1, -0.05) is 20.4 Å². The lowest BCUT2D eigenvalue weighted by Crippen LogP contribution is -2.87. The molecule has 4 aliphatic carbocycles. The maximum atomic E-state index is 13.2. The number of rotatable bonds is 0. The Balaban J connectivity index is 1.84. The van der Waals surface area contributed by atoms with Crippen LogP contribution in [0.15, 0.2) is 12.2 Å². The molecule has 0 aromatic carbocycles. The SMILES string of the molecule is C=C1[C@H]2CCC3[C@@]45C(=O)OC(O)([C@@H](O)C4C(C)(C)CC[C@@H]5O)[C@@]3([C@@H]1O)[C@@H]2O. The number of carbonyl (C=O) groups is 1. The van der Waals surface area contributed by atoms with E-state index in [9.17, 15) is 30.3 Å². The van der Waals surface area contributed by atoms with Crippen LogP contribution >= 0.6 is 0 Å². The molecule has 27 heavy (non-hydrogen) atoms. The molecule has 5 N–H and O–H groups in total. The van der Waals surface area contributed by atoms with Crippen LogP contribution in [-0.2, 0) is 9.53 Å². The van der Waals surface area contributed by atoms with E-state index < -0.39 is 70.2 Å². The smallest absolute Gasteiger partial charge is 0.318 e. The zero-order valence-corrected chi connectivity index (χ0v) is 15.6. The van der Waals surface area contributed by atoms with E-state index in [-0.39, 0.29) is 0 Å². The Morgan fingerprint density at radius 3 is 2.41 bits per heavy atom. The predicted octanol–water partition coefficient (Wildman–Crippen LogP) is -0.306. The molecule has 4 saturated carbocycles. The molecule has 6 aliphatic rings. The minimum atomic E-state index is -2.42. The lowest BCUT2D eigenvalue weighted by atomic mass is 9.35. The molecule has 10 atom stereocenters. The van der Waals surface area contributed by atoms with Gasteiger partial charge >= 0.3 is 5.97 Å². The Morgan fingerprint density at radius 1 is 1.07 bits per heavy atom. The Bertz CT molecular complexity index is 749. The van der Waals surface area contributed by atoms with Crippen LogP contribution in [0.4, 0.5) is 0 Å². The van der Waals surface area contributed by atoms with E-state index in [1.54, 1.807) is 0 Å². The average Bonchev–Trinajstić information content (AvgIpc) is 2.70. The summed E-state index contributed by atoms with van der Waals surface area (Å²) in [5.41, 5.74) is -3.28. The maximum Gasteiger partial charge on any atom is 0.318 e. The topological polar surface area (TPSA) is 127 Å². The molecular formula is C20H28O7. The number of hydrogen-bond donors (Lipinski definition) is 5. The van der Waals surface area contributed by atoms with Gasteiger partial charge in [-0.05, 0) is 42.6 Å². The molecule has 2 heterocycles. The van der Waals surface area contributed by atoms with Gasteiger partial charge in [0.1, 0.15) is 11.5 Å². The second-order valence-corrected chi connectivity index (χ2v) is 10.1. The van der Waals surface area contributed by atoms with Gasteiger partial charge in [-0.25, -0.2) is 0 Å². The second-order valence-electron chi connectivity index (χ2n) is 10.1. The first-order chi connectivity index (χ1) is 12.5. The van der Waals surface area contributed by atoms with E-state index in [0.717, 1.165) is 0 Å². The van der Waals surface area contributed by atoms with Crippen molar-refractivity contribution < 1.29 is 35.1 Å².